The highest BCUT2D eigenvalue weighted by Crippen LogP contribution is 2.27. The molecule has 1 aromatic heterocycles. The maximum Gasteiger partial charge on any atom is 0.271 e. The fourth-order valence-electron chi connectivity index (χ4n) is 4.31. The van der Waals surface area contributed by atoms with E-state index in [9.17, 15) is 9.59 Å². The molecule has 1 aliphatic rings. The van der Waals surface area contributed by atoms with Gasteiger partial charge < -0.3 is 30.5 Å². The zero-order chi connectivity index (χ0) is 27.8. The molecule has 0 spiro atoms. The maximum atomic E-state index is 12.7. The van der Waals surface area contributed by atoms with Gasteiger partial charge in [-0.1, -0.05) is 24.3 Å². The number of hydrogen-bond donors (Lipinski definition) is 2. The average molecular weight is 530 g/mol. The molecule has 1 saturated heterocycles. The number of primary amides is 1. The van der Waals surface area contributed by atoms with Crippen molar-refractivity contribution < 1.29 is 14.3 Å². The Balaban J connectivity index is 1.46. The summed E-state index contributed by atoms with van der Waals surface area (Å²) in [5.41, 5.74) is 6.33. The summed E-state index contributed by atoms with van der Waals surface area (Å²) < 4.78 is 5.85. The van der Waals surface area contributed by atoms with Crippen molar-refractivity contribution in [3.05, 3.63) is 78.6 Å². The van der Waals surface area contributed by atoms with Gasteiger partial charge in [0.2, 0.25) is 5.91 Å². The van der Waals surface area contributed by atoms with E-state index >= 15 is 0 Å². The Kier molecular flexibility index (Phi) is 9.11. The van der Waals surface area contributed by atoms with Crippen LogP contribution in [-0.2, 0) is 4.79 Å². The molecule has 1 aliphatic heterocycles. The fourth-order valence-corrected chi connectivity index (χ4v) is 4.31. The number of nitrogens with zero attached hydrogens (tertiary/aromatic N) is 5. The first-order chi connectivity index (χ1) is 18.8. The second-order valence-electron chi connectivity index (χ2n) is 9.71. The van der Waals surface area contributed by atoms with Gasteiger partial charge in [-0.15, -0.1) is 0 Å². The van der Waals surface area contributed by atoms with Crippen LogP contribution >= 0.6 is 0 Å². The van der Waals surface area contributed by atoms with E-state index in [-0.39, 0.29) is 23.5 Å². The molecular weight excluding hydrogens is 494 g/mol. The predicted molar refractivity (Wildman–Crippen MR) is 152 cm³/mol. The Labute approximate surface area is 229 Å². The van der Waals surface area contributed by atoms with Gasteiger partial charge >= 0.3 is 0 Å². The summed E-state index contributed by atoms with van der Waals surface area (Å²) in [7, 11) is 5.85. The number of likely N-dealkylation sites (N-methyl/N-ethyl adjacent to an activating group) is 2. The number of anilines is 3. The lowest BCUT2D eigenvalue weighted by atomic mass is 10.0. The van der Waals surface area contributed by atoms with Crippen molar-refractivity contribution in [1.29, 1.82) is 0 Å². The molecule has 2 amide bonds. The molecule has 0 radical (unpaired) electrons. The highest BCUT2D eigenvalue weighted by Gasteiger charge is 2.27. The molecule has 1 unspecified atom stereocenters. The monoisotopic (exact) mass is 529 g/mol. The number of hydrogen-bond acceptors (Lipinski definition) is 8. The number of carbonyl (C=O) groups is 2. The Morgan fingerprint density at radius 3 is 2.51 bits per heavy atom. The molecule has 204 valence electrons. The number of para-hydroxylation sites is 1. The van der Waals surface area contributed by atoms with Crippen molar-refractivity contribution in [1.82, 2.24) is 19.8 Å². The fraction of sp³-hybridized carbons (Fsp3) is 0.310. The first-order valence-corrected chi connectivity index (χ1v) is 12.9. The number of piperidine rings is 1. The SMILES string of the molecule is CN(C)C/C=C/C(=O)N1CCCC(N(C)c2cnc(C(N)=O)c(Nc3ccc(Oc4ccccc4)cc3)n2)C1. The third-order valence-electron chi connectivity index (χ3n) is 6.44. The Hall–Kier alpha value is -4.44. The molecule has 1 fully saturated rings. The van der Waals surface area contributed by atoms with Crippen LogP contribution in [0.1, 0.15) is 23.3 Å². The second-order valence-corrected chi connectivity index (χ2v) is 9.71. The second kappa shape index (κ2) is 12.9. The molecule has 39 heavy (non-hydrogen) atoms. The topological polar surface area (TPSA) is 117 Å². The number of rotatable bonds is 10. The van der Waals surface area contributed by atoms with Crippen molar-refractivity contribution in [2.45, 2.75) is 18.9 Å². The highest BCUT2D eigenvalue weighted by atomic mass is 16.5. The van der Waals surface area contributed by atoms with Crippen LogP contribution in [0.3, 0.4) is 0 Å². The van der Waals surface area contributed by atoms with E-state index in [1.54, 1.807) is 12.3 Å². The number of ether oxygens (including phenoxy) is 1. The van der Waals surface area contributed by atoms with Crippen molar-refractivity contribution in [3.63, 3.8) is 0 Å². The van der Waals surface area contributed by atoms with Gasteiger partial charge in [0.15, 0.2) is 11.5 Å². The summed E-state index contributed by atoms with van der Waals surface area (Å²) in [6.07, 6.45) is 6.86. The highest BCUT2D eigenvalue weighted by molar-refractivity contribution is 5.96. The van der Waals surface area contributed by atoms with Gasteiger partial charge in [0.25, 0.3) is 5.91 Å². The summed E-state index contributed by atoms with van der Waals surface area (Å²) in [5.74, 6) is 1.58. The summed E-state index contributed by atoms with van der Waals surface area (Å²) in [6.45, 7) is 2.01. The van der Waals surface area contributed by atoms with E-state index in [0.717, 1.165) is 25.1 Å². The van der Waals surface area contributed by atoms with Gasteiger partial charge in [-0.3, -0.25) is 9.59 Å². The summed E-state index contributed by atoms with van der Waals surface area (Å²) >= 11 is 0. The molecule has 0 saturated carbocycles. The van der Waals surface area contributed by atoms with Crippen LogP contribution in [0, 0.1) is 0 Å². The van der Waals surface area contributed by atoms with Crippen LogP contribution in [0.15, 0.2) is 72.9 Å². The molecular formula is C29H35N7O3. The quantitative estimate of drug-likeness (QED) is 0.382. The van der Waals surface area contributed by atoms with E-state index in [4.69, 9.17) is 15.5 Å². The lowest BCUT2D eigenvalue weighted by molar-refractivity contribution is -0.127. The van der Waals surface area contributed by atoms with Crippen LogP contribution in [0.2, 0.25) is 0 Å². The molecule has 0 aliphatic carbocycles. The summed E-state index contributed by atoms with van der Waals surface area (Å²) in [4.78, 5) is 39.7. The van der Waals surface area contributed by atoms with E-state index < -0.39 is 5.91 Å². The number of carbonyl (C=O) groups excluding carboxylic acids is 2. The molecule has 0 bridgehead atoms. The number of nitrogens with two attached hydrogens (primary N) is 1. The molecule has 2 aromatic carbocycles. The van der Waals surface area contributed by atoms with Crippen molar-refractivity contribution in [2.24, 2.45) is 5.73 Å². The lowest BCUT2D eigenvalue weighted by Crippen LogP contribution is -2.48. The largest absolute Gasteiger partial charge is 0.457 e. The Bertz CT molecular complexity index is 1300. The third kappa shape index (κ3) is 7.55. The minimum Gasteiger partial charge on any atom is -0.457 e. The van der Waals surface area contributed by atoms with Crippen molar-refractivity contribution >= 4 is 29.1 Å². The number of likely N-dealkylation sites (tertiary alicyclic amines) is 1. The van der Waals surface area contributed by atoms with Crippen LogP contribution < -0.4 is 20.7 Å². The number of aromatic nitrogens is 2. The first-order valence-electron chi connectivity index (χ1n) is 12.9. The van der Waals surface area contributed by atoms with E-state index in [2.05, 4.69) is 10.3 Å². The van der Waals surface area contributed by atoms with Crippen LogP contribution in [0.5, 0.6) is 11.5 Å². The average Bonchev–Trinajstić information content (AvgIpc) is 2.94. The third-order valence-corrected chi connectivity index (χ3v) is 6.44. The maximum absolute atomic E-state index is 12.7. The van der Waals surface area contributed by atoms with Gasteiger partial charge in [-0.2, -0.15) is 0 Å². The number of benzene rings is 2. The molecule has 3 N–H and O–H groups in total. The molecule has 10 heteroatoms. The molecule has 3 aromatic rings. The molecule has 1 atom stereocenters. The van der Waals surface area contributed by atoms with Gasteiger partial charge in [-0.05, 0) is 63.3 Å². The number of amides is 2. The van der Waals surface area contributed by atoms with Gasteiger partial charge in [0, 0.05) is 44.5 Å². The minimum absolute atomic E-state index is 0.00663. The zero-order valence-corrected chi connectivity index (χ0v) is 22.6. The molecule has 2 heterocycles. The standard InChI is InChI=1S/C29H35N7O3/c1-34(2)17-8-12-26(37)36-18-7-9-22(20-36)35(3)25-19-31-27(28(30)38)29(33-25)32-21-13-15-24(16-14-21)39-23-10-5-4-6-11-23/h4-6,8,10-16,19,22H,7,9,17-18,20H2,1-3H3,(H2,30,38)(H,32,33)/b12-8+. The van der Waals surface area contributed by atoms with Gasteiger partial charge in [-0.25, -0.2) is 9.97 Å². The minimum atomic E-state index is -0.679. The zero-order valence-electron chi connectivity index (χ0n) is 22.6. The van der Waals surface area contributed by atoms with Crippen LogP contribution in [-0.4, -0.2) is 78.4 Å². The molecule has 4 rings (SSSR count). The lowest BCUT2D eigenvalue weighted by Gasteiger charge is -2.37. The smallest absolute Gasteiger partial charge is 0.271 e. The first kappa shape index (κ1) is 27.6. The van der Waals surface area contributed by atoms with Crippen LogP contribution in [0.25, 0.3) is 0 Å². The summed E-state index contributed by atoms with van der Waals surface area (Å²) in [5, 5.41) is 3.17. The van der Waals surface area contributed by atoms with Gasteiger partial charge in [0.1, 0.15) is 17.3 Å². The van der Waals surface area contributed by atoms with Gasteiger partial charge in [0.05, 0.1) is 6.20 Å². The summed E-state index contributed by atoms with van der Waals surface area (Å²) in [6, 6.07) is 16.9. The molecule has 10 nitrogen and oxygen atoms in total. The van der Waals surface area contributed by atoms with E-state index in [1.807, 2.05) is 96.5 Å². The Morgan fingerprint density at radius 2 is 1.82 bits per heavy atom. The van der Waals surface area contributed by atoms with Crippen molar-refractivity contribution in [3.8, 4) is 11.5 Å². The number of nitrogens with one attached hydrogen (secondary N) is 1. The normalized spacial score (nSPS) is 15.4. The Morgan fingerprint density at radius 1 is 1.10 bits per heavy atom. The van der Waals surface area contributed by atoms with Crippen LogP contribution in [0.4, 0.5) is 17.3 Å². The van der Waals surface area contributed by atoms with Crippen molar-refractivity contribution in [2.75, 3.05) is 51.0 Å². The van der Waals surface area contributed by atoms with E-state index in [1.165, 1.54) is 0 Å². The van der Waals surface area contributed by atoms with E-state index in [0.29, 0.717) is 30.3 Å². The predicted octanol–water partition coefficient (Wildman–Crippen LogP) is 3.66.